The van der Waals surface area contributed by atoms with Crippen molar-refractivity contribution in [1.29, 1.82) is 0 Å². The summed E-state index contributed by atoms with van der Waals surface area (Å²) in [6.45, 7) is 0.887. The topological polar surface area (TPSA) is 66.5 Å². The zero-order valence-corrected chi connectivity index (χ0v) is 19.8. The van der Waals surface area contributed by atoms with E-state index >= 15 is 0 Å². The molecule has 1 N–H and O–H groups in total. The van der Waals surface area contributed by atoms with E-state index in [2.05, 4.69) is 5.32 Å². The first-order valence-electron chi connectivity index (χ1n) is 12.9. The van der Waals surface area contributed by atoms with E-state index in [0.29, 0.717) is 42.8 Å². The van der Waals surface area contributed by atoms with Crippen molar-refractivity contribution in [1.82, 2.24) is 9.62 Å². The maximum absolute atomic E-state index is 13.2. The number of amides is 1. The van der Waals surface area contributed by atoms with Crippen molar-refractivity contribution >= 4 is 15.9 Å². The molecular weight excluding hydrogens is 420 g/mol. The standard InChI is InChI=1S/C26H36N2O3S/c29-26(27-25-16-20-15-24(25)23-7-3-6-22(20)23)18-10-12-28(13-11-18)32(30,31)21-9-8-17-4-1-2-5-19(17)14-21/h8-9,14,18,20,22-25H,1-7,10-13,15-16H2,(H,27,29). The molecule has 1 aromatic carbocycles. The minimum absolute atomic E-state index is 0.0523. The van der Waals surface area contributed by atoms with Crippen LogP contribution in [0.25, 0.3) is 0 Å². The number of carbonyl (C=O) groups is 1. The Hall–Kier alpha value is -1.40. The van der Waals surface area contributed by atoms with Crippen LogP contribution in [-0.2, 0) is 27.7 Å². The van der Waals surface area contributed by atoms with Crippen LogP contribution in [0, 0.1) is 29.6 Å². The van der Waals surface area contributed by atoms with Crippen LogP contribution < -0.4 is 5.32 Å². The van der Waals surface area contributed by atoms with Crippen LogP contribution in [0.15, 0.2) is 23.1 Å². The first-order chi connectivity index (χ1) is 15.5. The molecule has 4 fully saturated rings. The Morgan fingerprint density at radius 3 is 2.44 bits per heavy atom. The molecule has 1 amide bonds. The van der Waals surface area contributed by atoms with E-state index in [1.54, 1.807) is 10.4 Å². The summed E-state index contributed by atoms with van der Waals surface area (Å²) in [6.07, 6.45) is 12.2. The van der Waals surface area contributed by atoms with Crippen molar-refractivity contribution in [2.24, 2.45) is 29.6 Å². The molecule has 1 saturated heterocycles. The molecule has 4 aliphatic carbocycles. The Morgan fingerprint density at radius 1 is 0.875 bits per heavy atom. The molecule has 3 saturated carbocycles. The number of nitrogens with zero attached hydrogens (tertiary/aromatic N) is 1. The minimum atomic E-state index is -3.48. The maximum Gasteiger partial charge on any atom is 0.243 e. The largest absolute Gasteiger partial charge is 0.353 e. The van der Waals surface area contributed by atoms with Gasteiger partial charge in [-0.2, -0.15) is 4.31 Å². The summed E-state index contributed by atoms with van der Waals surface area (Å²) in [5.41, 5.74) is 2.50. The second-order valence-electron chi connectivity index (χ2n) is 11.1. The molecule has 2 bridgehead atoms. The molecule has 6 heteroatoms. The molecule has 1 heterocycles. The van der Waals surface area contributed by atoms with Gasteiger partial charge in [0.2, 0.25) is 15.9 Å². The lowest BCUT2D eigenvalue weighted by Gasteiger charge is -2.35. The zero-order valence-electron chi connectivity index (χ0n) is 19.0. The third-order valence-electron chi connectivity index (χ3n) is 9.54. The predicted octanol–water partition coefficient (Wildman–Crippen LogP) is 3.91. The van der Waals surface area contributed by atoms with Gasteiger partial charge in [-0.05, 0) is 111 Å². The van der Waals surface area contributed by atoms with Gasteiger partial charge >= 0.3 is 0 Å². The molecule has 5 unspecified atom stereocenters. The molecule has 5 atom stereocenters. The number of rotatable bonds is 4. The van der Waals surface area contributed by atoms with Crippen molar-refractivity contribution in [2.45, 2.75) is 81.6 Å². The number of benzene rings is 1. The number of piperidine rings is 1. The fourth-order valence-electron chi connectivity index (χ4n) is 7.91. The van der Waals surface area contributed by atoms with Gasteiger partial charge in [0.05, 0.1) is 4.90 Å². The van der Waals surface area contributed by atoms with Crippen molar-refractivity contribution < 1.29 is 13.2 Å². The Balaban J connectivity index is 1.06. The van der Waals surface area contributed by atoms with E-state index in [1.807, 2.05) is 12.1 Å². The number of hydrogen-bond donors (Lipinski definition) is 1. The summed E-state index contributed by atoms with van der Waals surface area (Å²) in [5, 5.41) is 3.41. The smallest absolute Gasteiger partial charge is 0.243 e. The molecule has 1 aromatic rings. The summed E-state index contributed by atoms with van der Waals surface area (Å²) < 4.78 is 28.1. The van der Waals surface area contributed by atoms with Crippen molar-refractivity contribution in [3.63, 3.8) is 0 Å². The van der Waals surface area contributed by atoms with Crippen LogP contribution >= 0.6 is 0 Å². The Labute approximate surface area is 192 Å². The van der Waals surface area contributed by atoms with Crippen LogP contribution in [0.5, 0.6) is 0 Å². The average Bonchev–Trinajstić information content (AvgIpc) is 3.53. The highest BCUT2D eigenvalue weighted by molar-refractivity contribution is 7.89. The van der Waals surface area contributed by atoms with Gasteiger partial charge in [-0.25, -0.2) is 8.42 Å². The van der Waals surface area contributed by atoms with E-state index in [4.69, 9.17) is 0 Å². The lowest BCUT2D eigenvalue weighted by Crippen LogP contribution is -2.48. The predicted molar refractivity (Wildman–Crippen MR) is 124 cm³/mol. The molecule has 32 heavy (non-hydrogen) atoms. The van der Waals surface area contributed by atoms with Gasteiger partial charge in [-0.3, -0.25) is 4.79 Å². The monoisotopic (exact) mass is 456 g/mol. The van der Waals surface area contributed by atoms with Gasteiger partial charge < -0.3 is 5.32 Å². The SMILES string of the molecule is O=C(NC1CC2CC1C1CCCC21)C1CCN(S(=O)(=O)c2ccc3c(c2)CCCC3)CC1. The summed E-state index contributed by atoms with van der Waals surface area (Å²) in [5.74, 6) is 3.43. The molecule has 5 aliphatic rings. The Bertz CT molecular complexity index is 998. The van der Waals surface area contributed by atoms with Crippen molar-refractivity contribution in [2.75, 3.05) is 13.1 Å². The number of carbonyl (C=O) groups excluding carboxylic acids is 1. The number of fused-ring (bicyclic) bond motifs is 6. The molecule has 1 aliphatic heterocycles. The van der Waals surface area contributed by atoms with Gasteiger partial charge in [0, 0.05) is 25.0 Å². The third kappa shape index (κ3) is 3.53. The highest BCUT2D eigenvalue weighted by Crippen LogP contribution is 2.58. The molecular formula is C26H36N2O3S. The highest BCUT2D eigenvalue weighted by Gasteiger charge is 2.54. The van der Waals surface area contributed by atoms with Gasteiger partial charge in [-0.15, -0.1) is 0 Å². The summed E-state index contributed by atoms with van der Waals surface area (Å²) in [7, 11) is -3.48. The molecule has 0 radical (unpaired) electrons. The molecule has 0 aromatic heterocycles. The first kappa shape index (κ1) is 21.2. The van der Waals surface area contributed by atoms with E-state index in [9.17, 15) is 13.2 Å². The van der Waals surface area contributed by atoms with E-state index < -0.39 is 10.0 Å². The first-order valence-corrected chi connectivity index (χ1v) is 14.4. The number of nitrogens with one attached hydrogen (secondary N) is 1. The Morgan fingerprint density at radius 2 is 1.62 bits per heavy atom. The fourth-order valence-corrected chi connectivity index (χ4v) is 9.43. The van der Waals surface area contributed by atoms with E-state index in [-0.39, 0.29) is 11.8 Å². The number of aryl methyl sites for hydroxylation is 2. The lowest BCUT2D eigenvalue weighted by molar-refractivity contribution is -0.127. The van der Waals surface area contributed by atoms with Gasteiger partial charge in [0.1, 0.15) is 0 Å². The Kier molecular flexibility index (Phi) is 5.37. The van der Waals surface area contributed by atoms with Gasteiger partial charge in [0.15, 0.2) is 0 Å². The van der Waals surface area contributed by atoms with Crippen molar-refractivity contribution in [3.8, 4) is 0 Å². The second kappa shape index (κ2) is 8.12. The van der Waals surface area contributed by atoms with Crippen LogP contribution in [0.2, 0.25) is 0 Å². The maximum atomic E-state index is 13.2. The lowest BCUT2D eigenvalue weighted by atomic mass is 9.79. The quantitative estimate of drug-likeness (QED) is 0.747. The number of sulfonamides is 1. The van der Waals surface area contributed by atoms with Gasteiger partial charge in [-0.1, -0.05) is 12.5 Å². The normalized spacial score (nSPS) is 34.9. The molecule has 0 spiro atoms. The van der Waals surface area contributed by atoms with E-state index in [1.165, 1.54) is 49.7 Å². The molecule has 6 rings (SSSR count). The minimum Gasteiger partial charge on any atom is -0.353 e. The van der Waals surface area contributed by atoms with Crippen molar-refractivity contribution in [3.05, 3.63) is 29.3 Å². The van der Waals surface area contributed by atoms with Crippen LogP contribution in [0.3, 0.4) is 0 Å². The highest BCUT2D eigenvalue weighted by atomic mass is 32.2. The molecule has 174 valence electrons. The molecule has 5 nitrogen and oxygen atoms in total. The second-order valence-corrected chi connectivity index (χ2v) is 13.0. The summed E-state index contributed by atoms with van der Waals surface area (Å²) >= 11 is 0. The summed E-state index contributed by atoms with van der Waals surface area (Å²) in [6, 6.07) is 6.05. The zero-order chi connectivity index (χ0) is 21.9. The van der Waals surface area contributed by atoms with E-state index in [0.717, 1.165) is 37.0 Å². The fraction of sp³-hybridized carbons (Fsp3) is 0.731. The van der Waals surface area contributed by atoms with Crippen LogP contribution in [0.4, 0.5) is 0 Å². The summed E-state index contributed by atoms with van der Waals surface area (Å²) in [4.78, 5) is 13.5. The van der Waals surface area contributed by atoms with Crippen LogP contribution in [0.1, 0.15) is 68.9 Å². The van der Waals surface area contributed by atoms with Gasteiger partial charge in [0.25, 0.3) is 0 Å². The number of hydrogen-bond acceptors (Lipinski definition) is 3. The van der Waals surface area contributed by atoms with Crippen LogP contribution in [-0.4, -0.2) is 37.8 Å². The average molecular weight is 457 g/mol. The third-order valence-corrected chi connectivity index (χ3v) is 11.4.